The number of halogens is 2. The molecule has 126 valence electrons. The Bertz CT molecular complexity index is 868. The molecule has 4 nitrogen and oxygen atoms in total. The highest BCUT2D eigenvalue weighted by Crippen LogP contribution is 2.16. The van der Waals surface area contributed by atoms with Crippen LogP contribution in [0.4, 0.5) is 8.78 Å². The molecule has 0 atom stereocenters. The van der Waals surface area contributed by atoms with Crippen molar-refractivity contribution in [2.45, 2.75) is 4.90 Å². The fraction of sp³-hybridized carbons (Fsp3) is 0.118. The maximum atomic E-state index is 13.5. The molecule has 0 aliphatic rings. The number of rotatable bonds is 5. The van der Waals surface area contributed by atoms with Crippen molar-refractivity contribution >= 4 is 21.9 Å². The predicted octanol–water partition coefficient (Wildman–Crippen LogP) is 3.11. The molecule has 24 heavy (non-hydrogen) atoms. The van der Waals surface area contributed by atoms with E-state index in [2.05, 4.69) is 0 Å². The number of allylic oxidation sites excluding steroid dienone is 1. The van der Waals surface area contributed by atoms with Crippen LogP contribution in [0.3, 0.4) is 0 Å². The van der Waals surface area contributed by atoms with Gasteiger partial charge in [0.25, 0.3) is 0 Å². The Morgan fingerprint density at radius 3 is 2.04 bits per heavy atom. The third kappa shape index (κ3) is 3.74. The topological polar surface area (TPSA) is 54.5 Å². The van der Waals surface area contributed by atoms with Crippen LogP contribution in [0.15, 0.2) is 53.4 Å². The quantitative estimate of drug-likeness (QED) is 0.614. The van der Waals surface area contributed by atoms with Gasteiger partial charge < -0.3 is 0 Å². The summed E-state index contributed by atoms with van der Waals surface area (Å²) in [5.41, 5.74) is -0.0987. The summed E-state index contributed by atoms with van der Waals surface area (Å²) in [6.07, 6.45) is 2.09. The van der Waals surface area contributed by atoms with E-state index in [9.17, 15) is 22.0 Å². The first-order chi connectivity index (χ1) is 11.2. The maximum absolute atomic E-state index is 13.5. The van der Waals surface area contributed by atoms with Gasteiger partial charge in [0.05, 0.1) is 4.90 Å². The van der Waals surface area contributed by atoms with E-state index in [0.29, 0.717) is 0 Å². The van der Waals surface area contributed by atoms with Crippen LogP contribution in [-0.4, -0.2) is 32.6 Å². The maximum Gasteiger partial charge on any atom is 0.242 e. The number of sulfonamides is 1. The average Bonchev–Trinajstić information content (AvgIpc) is 2.54. The summed E-state index contributed by atoms with van der Waals surface area (Å²) >= 11 is 0. The van der Waals surface area contributed by atoms with Gasteiger partial charge in [-0.2, -0.15) is 0 Å². The van der Waals surface area contributed by atoms with Gasteiger partial charge in [-0.15, -0.1) is 0 Å². The number of nitrogens with zero attached hydrogens (tertiary/aromatic N) is 1. The Morgan fingerprint density at radius 2 is 1.54 bits per heavy atom. The normalized spacial score (nSPS) is 12.0. The summed E-state index contributed by atoms with van der Waals surface area (Å²) in [6, 6.07) is 8.72. The SMILES string of the molecule is CN(C)S(=O)(=O)c1ccc(C(=O)/C=C/c2c(F)cccc2F)cc1. The summed E-state index contributed by atoms with van der Waals surface area (Å²) in [5, 5.41) is 0. The van der Waals surface area contributed by atoms with E-state index in [0.717, 1.165) is 28.6 Å². The van der Waals surface area contributed by atoms with E-state index in [-0.39, 0.29) is 16.0 Å². The Morgan fingerprint density at radius 1 is 1.00 bits per heavy atom. The highest BCUT2D eigenvalue weighted by Gasteiger charge is 2.17. The fourth-order valence-corrected chi connectivity index (χ4v) is 2.83. The second kappa shape index (κ2) is 7.02. The molecule has 7 heteroatoms. The largest absolute Gasteiger partial charge is 0.289 e. The van der Waals surface area contributed by atoms with Gasteiger partial charge in [0.1, 0.15) is 11.6 Å². The Balaban J connectivity index is 2.24. The van der Waals surface area contributed by atoms with E-state index in [1.54, 1.807) is 0 Å². The standard InChI is InChI=1S/C17H15F2NO3S/c1-20(2)24(22,23)13-8-6-12(7-9-13)17(21)11-10-14-15(18)4-3-5-16(14)19/h3-11H,1-2H3/b11-10+. The molecular weight excluding hydrogens is 336 g/mol. The van der Waals surface area contributed by atoms with E-state index in [1.165, 1.54) is 44.4 Å². The van der Waals surface area contributed by atoms with Gasteiger partial charge in [-0.1, -0.05) is 6.07 Å². The zero-order valence-electron chi connectivity index (χ0n) is 13.0. The first-order valence-electron chi connectivity index (χ1n) is 6.92. The monoisotopic (exact) mass is 351 g/mol. The lowest BCUT2D eigenvalue weighted by atomic mass is 10.1. The summed E-state index contributed by atoms with van der Waals surface area (Å²) in [4.78, 5) is 12.1. The van der Waals surface area contributed by atoms with Crippen LogP contribution in [0.2, 0.25) is 0 Å². The molecule has 0 unspecified atom stereocenters. The van der Waals surface area contributed by atoms with Gasteiger partial charge in [0.2, 0.25) is 10.0 Å². The van der Waals surface area contributed by atoms with Crippen LogP contribution in [-0.2, 0) is 10.0 Å². The minimum Gasteiger partial charge on any atom is -0.289 e. The van der Waals surface area contributed by atoms with Crippen molar-refractivity contribution in [2.75, 3.05) is 14.1 Å². The molecule has 0 fully saturated rings. The van der Waals surface area contributed by atoms with Crippen molar-refractivity contribution in [3.05, 3.63) is 71.3 Å². The molecule has 2 rings (SSSR count). The Hall–Kier alpha value is -2.38. The van der Waals surface area contributed by atoms with Gasteiger partial charge in [-0.3, -0.25) is 4.79 Å². The highest BCUT2D eigenvalue weighted by molar-refractivity contribution is 7.89. The molecule has 2 aromatic rings. The van der Waals surface area contributed by atoms with Crippen molar-refractivity contribution in [3.8, 4) is 0 Å². The summed E-state index contributed by atoms with van der Waals surface area (Å²) < 4.78 is 51.9. The van der Waals surface area contributed by atoms with Crippen LogP contribution >= 0.6 is 0 Å². The van der Waals surface area contributed by atoms with Crippen LogP contribution in [0.1, 0.15) is 15.9 Å². The number of benzene rings is 2. The number of hydrogen-bond donors (Lipinski definition) is 0. The van der Waals surface area contributed by atoms with Crippen molar-refractivity contribution in [3.63, 3.8) is 0 Å². The number of carbonyl (C=O) groups is 1. The lowest BCUT2D eigenvalue weighted by Gasteiger charge is -2.11. The lowest BCUT2D eigenvalue weighted by Crippen LogP contribution is -2.22. The van der Waals surface area contributed by atoms with Crippen LogP contribution in [0, 0.1) is 11.6 Å². The molecule has 0 amide bonds. The third-order valence-corrected chi connectivity index (χ3v) is 5.15. The fourth-order valence-electron chi connectivity index (χ4n) is 1.93. The first-order valence-corrected chi connectivity index (χ1v) is 8.36. The number of carbonyl (C=O) groups excluding carboxylic acids is 1. The molecule has 0 saturated heterocycles. The summed E-state index contributed by atoms with van der Waals surface area (Å²) in [7, 11) is -0.775. The van der Waals surface area contributed by atoms with Gasteiger partial charge in [-0.25, -0.2) is 21.5 Å². The summed E-state index contributed by atoms with van der Waals surface area (Å²) in [5.74, 6) is -2.04. The Kier molecular flexibility index (Phi) is 5.26. The van der Waals surface area contributed by atoms with Crippen molar-refractivity contribution < 1.29 is 22.0 Å². The second-order valence-electron chi connectivity index (χ2n) is 5.14. The lowest BCUT2D eigenvalue weighted by molar-refractivity contribution is 0.104. The molecule has 0 aliphatic heterocycles. The molecule has 0 saturated carbocycles. The minimum absolute atomic E-state index is 0.0492. The number of ketones is 1. The molecule has 0 spiro atoms. The third-order valence-electron chi connectivity index (χ3n) is 3.32. The van der Waals surface area contributed by atoms with Gasteiger partial charge >= 0.3 is 0 Å². The smallest absolute Gasteiger partial charge is 0.242 e. The molecule has 0 aliphatic carbocycles. The van der Waals surface area contributed by atoms with Crippen LogP contribution in [0.25, 0.3) is 6.08 Å². The van der Waals surface area contributed by atoms with Gasteiger partial charge in [-0.05, 0) is 48.6 Å². The van der Waals surface area contributed by atoms with Gasteiger partial charge in [0, 0.05) is 25.2 Å². The molecule has 0 bridgehead atoms. The summed E-state index contributed by atoms with van der Waals surface area (Å²) in [6.45, 7) is 0. The van der Waals surface area contributed by atoms with Gasteiger partial charge in [0.15, 0.2) is 5.78 Å². The van der Waals surface area contributed by atoms with E-state index in [1.807, 2.05) is 0 Å². The van der Waals surface area contributed by atoms with Crippen LogP contribution < -0.4 is 0 Å². The zero-order chi connectivity index (χ0) is 17.9. The minimum atomic E-state index is -3.58. The predicted molar refractivity (Wildman–Crippen MR) is 87.0 cm³/mol. The van der Waals surface area contributed by atoms with E-state index >= 15 is 0 Å². The second-order valence-corrected chi connectivity index (χ2v) is 7.30. The number of hydrogen-bond acceptors (Lipinski definition) is 3. The molecule has 0 radical (unpaired) electrons. The molecule has 0 heterocycles. The molecular formula is C17H15F2NO3S. The highest BCUT2D eigenvalue weighted by atomic mass is 32.2. The molecule has 2 aromatic carbocycles. The van der Waals surface area contributed by atoms with E-state index in [4.69, 9.17) is 0 Å². The first kappa shape index (κ1) is 18.0. The zero-order valence-corrected chi connectivity index (χ0v) is 13.8. The average molecular weight is 351 g/mol. The van der Waals surface area contributed by atoms with Crippen molar-refractivity contribution in [1.82, 2.24) is 4.31 Å². The molecule has 0 N–H and O–H groups in total. The van der Waals surface area contributed by atoms with Crippen LogP contribution in [0.5, 0.6) is 0 Å². The van der Waals surface area contributed by atoms with E-state index < -0.39 is 27.4 Å². The Labute approximate surface area is 139 Å². The van der Waals surface area contributed by atoms with Crippen molar-refractivity contribution in [2.24, 2.45) is 0 Å². The molecule has 0 aromatic heterocycles. The van der Waals surface area contributed by atoms with Crippen molar-refractivity contribution in [1.29, 1.82) is 0 Å².